The molecule has 2 aromatic carbocycles. The van der Waals surface area contributed by atoms with Crippen molar-refractivity contribution in [3.8, 4) is 0 Å². The van der Waals surface area contributed by atoms with Gasteiger partial charge in [0.1, 0.15) is 0 Å². The van der Waals surface area contributed by atoms with E-state index in [4.69, 9.17) is 11.6 Å². The van der Waals surface area contributed by atoms with Crippen LogP contribution in [0.25, 0.3) is 0 Å². The monoisotopic (exact) mass is 273 g/mol. The van der Waals surface area contributed by atoms with Gasteiger partial charge in [0.05, 0.1) is 16.3 Å². The molecule has 19 heavy (non-hydrogen) atoms. The van der Waals surface area contributed by atoms with E-state index in [9.17, 15) is 4.79 Å². The van der Waals surface area contributed by atoms with Crippen molar-refractivity contribution >= 4 is 29.3 Å². The number of hydrogen-bond acceptors (Lipinski definition) is 2. The van der Waals surface area contributed by atoms with E-state index >= 15 is 0 Å². The molecule has 3 heteroatoms. The molecule has 0 aliphatic rings. The zero-order valence-electron chi connectivity index (χ0n) is 11.1. The van der Waals surface area contributed by atoms with Crippen molar-refractivity contribution < 1.29 is 4.79 Å². The number of aryl methyl sites for hydroxylation is 1. The number of anilines is 2. The van der Waals surface area contributed by atoms with E-state index < -0.39 is 0 Å². The largest absolute Gasteiger partial charge is 0.344 e. The van der Waals surface area contributed by atoms with E-state index in [1.165, 1.54) is 5.56 Å². The Hall–Kier alpha value is -1.80. The molecule has 0 aliphatic carbocycles. The van der Waals surface area contributed by atoms with Crippen LogP contribution in [-0.4, -0.2) is 13.3 Å². The van der Waals surface area contributed by atoms with Crippen LogP contribution < -0.4 is 4.90 Å². The van der Waals surface area contributed by atoms with Gasteiger partial charge in [0.15, 0.2) is 6.29 Å². The maximum Gasteiger partial charge on any atom is 0.153 e. The van der Waals surface area contributed by atoms with Gasteiger partial charge in [-0.25, -0.2) is 0 Å². The minimum Gasteiger partial charge on any atom is -0.344 e. The first-order chi connectivity index (χ1) is 9.17. The first-order valence-electron chi connectivity index (χ1n) is 6.23. The minimum absolute atomic E-state index is 0.476. The summed E-state index contributed by atoms with van der Waals surface area (Å²) in [5.41, 5.74) is 3.65. The first kappa shape index (κ1) is 13.6. The summed E-state index contributed by atoms with van der Waals surface area (Å²) in [5, 5.41) is 0.476. The van der Waals surface area contributed by atoms with Crippen LogP contribution in [0, 0.1) is 0 Å². The highest BCUT2D eigenvalue weighted by Gasteiger charge is 2.11. The number of benzene rings is 2. The van der Waals surface area contributed by atoms with E-state index in [1.807, 2.05) is 36.2 Å². The summed E-state index contributed by atoms with van der Waals surface area (Å²) in [5.74, 6) is 0. The van der Waals surface area contributed by atoms with Crippen LogP contribution in [0.2, 0.25) is 5.02 Å². The highest BCUT2D eigenvalue weighted by Crippen LogP contribution is 2.30. The smallest absolute Gasteiger partial charge is 0.153 e. The topological polar surface area (TPSA) is 20.3 Å². The van der Waals surface area contributed by atoms with Crippen LogP contribution in [0.5, 0.6) is 0 Å². The molecule has 0 fully saturated rings. The summed E-state index contributed by atoms with van der Waals surface area (Å²) in [7, 11) is 1.93. The predicted octanol–water partition coefficient (Wildman–Crippen LogP) is 4.48. The molecular formula is C16H16ClNO. The number of carbonyl (C=O) groups excluding carboxylic acids is 1. The lowest BCUT2D eigenvalue weighted by Gasteiger charge is -2.21. The SMILES string of the molecule is CCc1ccc(N(C)c2cccc(Cl)c2C=O)cc1. The second-order valence-corrected chi connectivity index (χ2v) is 4.78. The Labute approximate surface area is 118 Å². The number of aldehydes is 1. The van der Waals surface area contributed by atoms with Crippen molar-refractivity contribution in [2.75, 3.05) is 11.9 Å². The molecule has 0 radical (unpaired) electrons. The summed E-state index contributed by atoms with van der Waals surface area (Å²) in [4.78, 5) is 13.1. The zero-order valence-corrected chi connectivity index (χ0v) is 11.8. The molecule has 0 heterocycles. The van der Waals surface area contributed by atoms with E-state index in [-0.39, 0.29) is 0 Å². The van der Waals surface area contributed by atoms with Gasteiger partial charge in [0, 0.05) is 12.7 Å². The molecular weight excluding hydrogens is 258 g/mol. The van der Waals surface area contributed by atoms with E-state index in [0.29, 0.717) is 10.6 Å². The Balaban J connectivity index is 2.40. The number of nitrogens with zero attached hydrogens (tertiary/aromatic N) is 1. The Kier molecular flexibility index (Phi) is 4.23. The Morgan fingerprint density at radius 1 is 1.16 bits per heavy atom. The van der Waals surface area contributed by atoms with E-state index in [1.54, 1.807) is 6.07 Å². The lowest BCUT2D eigenvalue weighted by molar-refractivity contribution is 0.112. The van der Waals surface area contributed by atoms with Gasteiger partial charge in [-0.3, -0.25) is 4.79 Å². The average molecular weight is 274 g/mol. The predicted molar refractivity (Wildman–Crippen MR) is 80.7 cm³/mol. The van der Waals surface area contributed by atoms with Crippen molar-refractivity contribution in [1.29, 1.82) is 0 Å². The van der Waals surface area contributed by atoms with Gasteiger partial charge in [0.2, 0.25) is 0 Å². The first-order valence-corrected chi connectivity index (χ1v) is 6.61. The van der Waals surface area contributed by atoms with Gasteiger partial charge in [-0.1, -0.05) is 36.7 Å². The van der Waals surface area contributed by atoms with Crippen LogP contribution in [-0.2, 0) is 6.42 Å². The van der Waals surface area contributed by atoms with Gasteiger partial charge < -0.3 is 4.90 Å². The van der Waals surface area contributed by atoms with Gasteiger partial charge in [-0.05, 0) is 36.2 Å². The fourth-order valence-corrected chi connectivity index (χ4v) is 2.24. The third kappa shape index (κ3) is 2.79. The highest BCUT2D eigenvalue weighted by molar-refractivity contribution is 6.33. The Morgan fingerprint density at radius 2 is 1.84 bits per heavy atom. The van der Waals surface area contributed by atoms with Crippen LogP contribution in [0.3, 0.4) is 0 Å². The molecule has 0 spiro atoms. The molecule has 98 valence electrons. The normalized spacial score (nSPS) is 10.3. The summed E-state index contributed by atoms with van der Waals surface area (Å²) in [6.45, 7) is 2.13. The quantitative estimate of drug-likeness (QED) is 0.766. The van der Waals surface area contributed by atoms with Gasteiger partial charge >= 0.3 is 0 Å². The van der Waals surface area contributed by atoms with E-state index in [0.717, 1.165) is 24.1 Å². The van der Waals surface area contributed by atoms with Crippen molar-refractivity contribution in [3.05, 3.63) is 58.6 Å². The molecule has 0 aromatic heterocycles. The number of halogens is 1. The van der Waals surface area contributed by atoms with Crippen LogP contribution in [0.1, 0.15) is 22.8 Å². The maximum atomic E-state index is 11.2. The van der Waals surface area contributed by atoms with Gasteiger partial charge in [-0.2, -0.15) is 0 Å². The van der Waals surface area contributed by atoms with Crippen molar-refractivity contribution in [2.24, 2.45) is 0 Å². The fraction of sp³-hybridized carbons (Fsp3) is 0.188. The molecule has 0 saturated heterocycles. The average Bonchev–Trinajstić information content (AvgIpc) is 2.46. The summed E-state index contributed by atoms with van der Waals surface area (Å²) in [6.07, 6.45) is 1.81. The molecule has 0 N–H and O–H groups in total. The third-order valence-electron chi connectivity index (χ3n) is 3.24. The highest BCUT2D eigenvalue weighted by atomic mass is 35.5. The summed E-state index contributed by atoms with van der Waals surface area (Å²) in [6, 6.07) is 13.8. The standard InChI is InChI=1S/C16H16ClNO/c1-3-12-7-9-13(10-8-12)18(2)16-6-4-5-15(17)14(16)11-19/h4-11H,3H2,1-2H3. The van der Waals surface area contributed by atoms with E-state index in [2.05, 4.69) is 19.1 Å². The molecule has 2 aromatic rings. The maximum absolute atomic E-state index is 11.2. The number of carbonyl (C=O) groups is 1. The molecule has 0 bridgehead atoms. The van der Waals surface area contributed by atoms with Gasteiger partial charge in [0.25, 0.3) is 0 Å². The fourth-order valence-electron chi connectivity index (χ4n) is 2.03. The van der Waals surface area contributed by atoms with Crippen molar-refractivity contribution in [1.82, 2.24) is 0 Å². The van der Waals surface area contributed by atoms with Crippen molar-refractivity contribution in [3.63, 3.8) is 0 Å². The summed E-state index contributed by atoms with van der Waals surface area (Å²) >= 11 is 6.05. The minimum atomic E-state index is 0.476. The molecule has 0 unspecified atom stereocenters. The van der Waals surface area contributed by atoms with Gasteiger partial charge in [-0.15, -0.1) is 0 Å². The molecule has 2 nitrogen and oxygen atoms in total. The number of rotatable bonds is 4. The Morgan fingerprint density at radius 3 is 2.42 bits per heavy atom. The lowest BCUT2D eigenvalue weighted by Crippen LogP contribution is -2.11. The Bertz CT molecular complexity index is 578. The van der Waals surface area contributed by atoms with Crippen LogP contribution >= 0.6 is 11.6 Å². The van der Waals surface area contributed by atoms with Crippen LogP contribution in [0.15, 0.2) is 42.5 Å². The molecule has 0 aliphatic heterocycles. The van der Waals surface area contributed by atoms with Crippen LogP contribution in [0.4, 0.5) is 11.4 Å². The third-order valence-corrected chi connectivity index (χ3v) is 3.57. The zero-order chi connectivity index (χ0) is 13.8. The molecule has 0 amide bonds. The second-order valence-electron chi connectivity index (χ2n) is 4.37. The second kappa shape index (κ2) is 5.89. The van der Waals surface area contributed by atoms with Crippen molar-refractivity contribution in [2.45, 2.75) is 13.3 Å². The number of hydrogen-bond donors (Lipinski definition) is 0. The summed E-state index contributed by atoms with van der Waals surface area (Å²) < 4.78 is 0. The molecule has 0 atom stereocenters. The lowest BCUT2D eigenvalue weighted by atomic mass is 10.1. The molecule has 2 rings (SSSR count). The molecule has 0 saturated carbocycles.